The third-order valence-corrected chi connectivity index (χ3v) is 9.89. The maximum absolute atomic E-state index is 5.45. The van der Waals surface area contributed by atoms with Crippen molar-refractivity contribution in [3.05, 3.63) is 188 Å². The van der Waals surface area contributed by atoms with Crippen LogP contribution < -0.4 is 0 Å². The lowest BCUT2D eigenvalue weighted by Gasteiger charge is -2.14. The van der Waals surface area contributed by atoms with Gasteiger partial charge in [0.25, 0.3) is 0 Å². The summed E-state index contributed by atoms with van der Waals surface area (Å²) in [5.41, 5.74) is 11.4. The van der Waals surface area contributed by atoms with Crippen LogP contribution in [0.25, 0.3) is 88.6 Å². The number of aromatic nitrogens is 3. The lowest BCUT2D eigenvalue weighted by Crippen LogP contribution is -2.00. The van der Waals surface area contributed by atoms with Crippen LogP contribution >= 0.6 is 0 Å². The zero-order chi connectivity index (χ0) is 33.0. The molecule has 10 rings (SSSR count). The summed E-state index contributed by atoms with van der Waals surface area (Å²) in [7, 11) is 0. The minimum Gasteiger partial charge on any atom is -0.309 e. The van der Waals surface area contributed by atoms with Gasteiger partial charge in [0.15, 0.2) is 0 Å². The molecule has 0 saturated heterocycles. The summed E-state index contributed by atoms with van der Waals surface area (Å²) in [5, 5.41) is 5.92. The standard InChI is InChI=1S/C47H31N3/c1-5-17-32(18-6-1)45-40-30-39-38-27-15-16-28-41(38)50(44-29-35-23-13-14-26-37(35)46(48-44)33-19-7-2-8-20-33)42(39)31-43(40)49(36-24-11-4-12-25-36)47(45)34-21-9-3-10-22-34/h1-31H. The second-order valence-corrected chi connectivity index (χ2v) is 12.8. The van der Waals surface area contributed by atoms with Crippen molar-refractivity contribution >= 4 is 43.5 Å². The van der Waals surface area contributed by atoms with Gasteiger partial charge in [-0.1, -0.05) is 152 Å². The minimum absolute atomic E-state index is 0.900. The highest BCUT2D eigenvalue weighted by molar-refractivity contribution is 6.17. The van der Waals surface area contributed by atoms with E-state index in [0.29, 0.717) is 0 Å². The van der Waals surface area contributed by atoms with Crippen LogP contribution in [-0.4, -0.2) is 14.1 Å². The molecule has 3 nitrogen and oxygen atoms in total. The van der Waals surface area contributed by atoms with Crippen LogP contribution in [0.2, 0.25) is 0 Å². The summed E-state index contributed by atoms with van der Waals surface area (Å²) in [4.78, 5) is 5.45. The molecule has 10 aromatic rings. The molecule has 234 valence electrons. The van der Waals surface area contributed by atoms with Gasteiger partial charge in [-0.3, -0.25) is 4.57 Å². The highest BCUT2D eigenvalue weighted by Crippen LogP contribution is 2.46. The topological polar surface area (TPSA) is 22.8 Å². The van der Waals surface area contributed by atoms with Crippen molar-refractivity contribution in [2.75, 3.05) is 0 Å². The Morgan fingerprint density at radius 3 is 1.64 bits per heavy atom. The number of hydrogen-bond acceptors (Lipinski definition) is 1. The first-order valence-corrected chi connectivity index (χ1v) is 17.1. The molecule has 0 radical (unpaired) electrons. The summed E-state index contributed by atoms with van der Waals surface area (Å²) in [5.74, 6) is 0.900. The average Bonchev–Trinajstić information content (AvgIpc) is 3.70. The van der Waals surface area contributed by atoms with E-state index in [1.54, 1.807) is 0 Å². The second kappa shape index (κ2) is 11.5. The lowest BCUT2D eigenvalue weighted by molar-refractivity contribution is 1.09. The van der Waals surface area contributed by atoms with Gasteiger partial charge >= 0.3 is 0 Å². The molecule has 3 heteroatoms. The number of rotatable bonds is 5. The molecule has 0 atom stereocenters. The van der Waals surface area contributed by atoms with Crippen molar-refractivity contribution in [3.63, 3.8) is 0 Å². The van der Waals surface area contributed by atoms with Crippen molar-refractivity contribution in [1.82, 2.24) is 14.1 Å². The number of benzene rings is 7. The number of hydrogen-bond donors (Lipinski definition) is 0. The summed E-state index contributed by atoms with van der Waals surface area (Å²) >= 11 is 0. The van der Waals surface area contributed by atoms with Crippen LogP contribution in [0.3, 0.4) is 0 Å². The van der Waals surface area contributed by atoms with E-state index >= 15 is 0 Å². The fourth-order valence-corrected chi connectivity index (χ4v) is 7.72. The fraction of sp³-hybridized carbons (Fsp3) is 0. The second-order valence-electron chi connectivity index (χ2n) is 12.8. The first kappa shape index (κ1) is 28.3. The van der Waals surface area contributed by atoms with Crippen LogP contribution in [0.4, 0.5) is 0 Å². The van der Waals surface area contributed by atoms with E-state index in [2.05, 4.69) is 197 Å². The normalized spacial score (nSPS) is 11.6. The predicted octanol–water partition coefficient (Wildman–Crippen LogP) is 12.3. The van der Waals surface area contributed by atoms with Crippen LogP contribution in [0, 0.1) is 0 Å². The van der Waals surface area contributed by atoms with Gasteiger partial charge in [0.05, 0.1) is 27.9 Å². The number of pyridine rings is 1. The lowest BCUT2D eigenvalue weighted by atomic mass is 9.97. The van der Waals surface area contributed by atoms with Crippen molar-refractivity contribution in [1.29, 1.82) is 0 Å². The maximum Gasteiger partial charge on any atom is 0.138 e. The van der Waals surface area contributed by atoms with Gasteiger partial charge in [0.2, 0.25) is 0 Å². The first-order chi connectivity index (χ1) is 24.8. The molecule has 0 spiro atoms. The van der Waals surface area contributed by atoms with E-state index in [1.807, 2.05) is 0 Å². The fourth-order valence-electron chi connectivity index (χ4n) is 7.72. The quantitative estimate of drug-likeness (QED) is 0.184. The minimum atomic E-state index is 0.900. The summed E-state index contributed by atoms with van der Waals surface area (Å²) in [6, 6.07) is 67.2. The smallest absolute Gasteiger partial charge is 0.138 e. The molecule has 0 bridgehead atoms. The summed E-state index contributed by atoms with van der Waals surface area (Å²) in [6.07, 6.45) is 0. The van der Waals surface area contributed by atoms with Gasteiger partial charge < -0.3 is 4.57 Å². The average molecular weight is 638 g/mol. The van der Waals surface area contributed by atoms with Gasteiger partial charge in [-0.25, -0.2) is 4.98 Å². The Kier molecular flexibility index (Phi) is 6.49. The van der Waals surface area contributed by atoms with Gasteiger partial charge in [0, 0.05) is 38.4 Å². The highest BCUT2D eigenvalue weighted by atomic mass is 15.1. The van der Waals surface area contributed by atoms with Crippen LogP contribution in [-0.2, 0) is 0 Å². The molecular formula is C47H31N3. The molecule has 3 heterocycles. The van der Waals surface area contributed by atoms with Crippen molar-refractivity contribution in [3.8, 4) is 45.1 Å². The van der Waals surface area contributed by atoms with Gasteiger partial charge in [-0.05, 0) is 52.9 Å². The number of nitrogens with zero attached hydrogens (tertiary/aromatic N) is 3. The van der Waals surface area contributed by atoms with Gasteiger partial charge in [0.1, 0.15) is 5.82 Å². The summed E-state index contributed by atoms with van der Waals surface area (Å²) in [6.45, 7) is 0. The molecule has 0 fully saturated rings. The van der Waals surface area contributed by atoms with Crippen LogP contribution in [0.15, 0.2) is 188 Å². The Balaban J connectivity index is 1.37. The van der Waals surface area contributed by atoms with E-state index < -0.39 is 0 Å². The Labute approximate surface area is 290 Å². The Morgan fingerprint density at radius 1 is 0.360 bits per heavy atom. The van der Waals surface area contributed by atoms with Gasteiger partial charge in [-0.15, -0.1) is 0 Å². The molecule has 50 heavy (non-hydrogen) atoms. The van der Waals surface area contributed by atoms with Crippen LogP contribution in [0.1, 0.15) is 0 Å². The van der Waals surface area contributed by atoms with Crippen molar-refractivity contribution in [2.24, 2.45) is 0 Å². The highest BCUT2D eigenvalue weighted by Gasteiger charge is 2.24. The van der Waals surface area contributed by atoms with E-state index in [-0.39, 0.29) is 0 Å². The Hall–Kier alpha value is -6.71. The van der Waals surface area contributed by atoms with E-state index in [4.69, 9.17) is 4.98 Å². The molecule has 0 amide bonds. The SMILES string of the molecule is c1ccc(-c2nc(-n3c4ccccc4c4cc5c(-c6ccccc6)c(-c6ccccc6)n(-c6ccccc6)c5cc43)cc3ccccc23)cc1. The number of para-hydroxylation sites is 2. The zero-order valence-corrected chi connectivity index (χ0v) is 27.2. The van der Waals surface area contributed by atoms with Crippen molar-refractivity contribution in [2.45, 2.75) is 0 Å². The maximum atomic E-state index is 5.45. The summed E-state index contributed by atoms with van der Waals surface area (Å²) < 4.78 is 4.80. The molecule has 3 aromatic heterocycles. The molecule has 0 aliphatic rings. The van der Waals surface area contributed by atoms with E-state index in [9.17, 15) is 0 Å². The molecule has 0 N–H and O–H groups in total. The molecule has 0 unspecified atom stereocenters. The molecule has 0 saturated carbocycles. The van der Waals surface area contributed by atoms with E-state index in [0.717, 1.165) is 50.1 Å². The Bertz CT molecular complexity index is 2830. The van der Waals surface area contributed by atoms with Crippen LogP contribution in [0.5, 0.6) is 0 Å². The number of fused-ring (bicyclic) bond motifs is 5. The van der Waals surface area contributed by atoms with Crippen molar-refractivity contribution < 1.29 is 0 Å². The third-order valence-electron chi connectivity index (χ3n) is 9.89. The predicted molar refractivity (Wildman–Crippen MR) is 209 cm³/mol. The van der Waals surface area contributed by atoms with E-state index in [1.165, 1.54) is 38.5 Å². The zero-order valence-electron chi connectivity index (χ0n) is 27.2. The largest absolute Gasteiger partial charge is 0.309 e. The third kappa shape index (κ3) is 4.41. The molecular weight excluding hydrogens is 607 g/mol. The Morgan fingerprint density at radius 2 is 0.920 bits per heavy atom. The first-order valence-electron chi connectivity index (χ1n) is 17.1. The monoisotopic (exact) mass is 637 g/mol. The van der Waals surface area contributed by atoms with Gasteiger partial charge in [-0.2, -0.15) is 0 Å². The molecule has 7 aromatic carbocycles. The molecule has 0 aliphatic heterocycles. The molecule has 0 aliphatic carbocycles.